The van der Waals surface area contributed by atoms with Crippen LogP contribution in [0.3, 0.4) is 0 Å². The molecule has 0 bridgehead atoms. The van der Waals surface area contributed by atoms with E-state index in [-0.39, 0.29) is 29.2 Å². The third-order valence-corrected chi connectivity index (χ3v) is 3.93. The number of nitrogens with zero attached hydrogens (tertiary/aromatic N) is 1. The second kappa shape index (κ2) is 3.22. The van der Waals surface area contributed by atoms with Gasteiger partial charge in [-0.2, -0.15) is 0 Å². The van der Waals surface area contributed by atoms with E-state index in [1.807, 2.05) is 4.90 Å². The van der Waals surface area contributed by atoms with Crippen molar-refractivity contribution in [3.8, 4) is 0 Å². The first kappa shape index (κ1) is 10.5. The Hall–Kier alpha value is -1.06. The summed E-state index contributed by atoms with van der Waals surface area (Å²) in [5, 5.41) is 0. The number of hydrogen-bond donors (Lipinski definition) is 1. The molecule has 0 aliphatic carbocycles. The average molecular weight is 210 g/mol. The van der Waals surface area contributed by atoms with Gasteiger partial charge in [-0.15, -0.1) is 0 Å². The van der Waals surface area contributed by atoms with Gasteiger partial charge in [0, 0.05) is 24.9 Å². The Morgan fingerprint density at radius 3 is 2.80 bits per heavy atom. The van der Waals surface area contributed by atoms with Gasteiger partial charge in [-0.25, -0.2) is 0 Å². The third-order valence-electron chi connectivity index (χ3n) is 3.93. The summed E-state index contributed by atoms with van der Waals surface area (Å²) in [6.07, 6.45) is 2.07. The number of carbonyl (C=O) groups excluding carboxylic acids is 2. The molecule has 2 aliphatic heterocycles. The summed E-state index contributed by atoms with van der Waals surface area (Å²) in [7, 11) is 0. The molecule has 2 aliphatic rings. The van der Waals surface area contributed by atoms with Gasteiger partial charge in [-0.05, 0) is 18.3 Å². The first-order valence-electron chi connectivity index (χ1n) is 5.50. The van der Waals surface area contributed by atoms with E-state index in [4.69, 9.17) is 5.73 Å². The number of primary amides is 1. The van der Waals surface area contributed by atoms with Gasteiger partial charge in [0.15, 0.2) is 0 Å². The van der Waals surface area contributed by atoms with E-state index >= 15 is 0 Å². The zero-order chi connectivity index (χ0) is 11.2. The number of piperidine rings is 1. The number of fused-ring (bicyclic) bond motifs is 1. The third kappa shape index (κ3) is 1.62. The predicted molar refractivity (Wildman–Crippen MR) is 55.8 cm³/mol. The van der Waals surface area contributed by atoms with Gasteiger partial charge in [0.25, 0.3) is 0 Å². The minimum absolute atomic E-state index is 0.0978. The van der Waals surface area contributed by atoms with E-state index in [0.29, 0.717) is 6.42 Å². The predicted octanol–water partition coefficient (Wildman–Crippen LogP) is 0.509. The van der Waals surface area contributed by atoms with Crippen LogP contribution in [0.15, 0.2) is 0 Å². The molecule has 0 aromatic carbocycles. The molecule has 4 heteroatoms. The van der Waals surface area contributed by atoms with Crippen LogP contribution < -0.4 is 5.73 Å². The Morgan fingerprint density at radius 1 is 1.53 bits per heavy atom. The minimum Gasteiger partial charge on any atom is -0.369 e. The fraction of sp³-hybridized carbons (Fsp3) is 0.818. The molecular weight excluding hydrogens is 192 g/mol. The monoisotopic (exact) mass is 210 g/mol. The lowest BCUT2D eigenvalue weighted by molar-refractivity contribution is -0.142. The molecule has 2 saturated heterocycles. The van der Waals surface area contributed by atoms with E-state index in [2.05, 4.69) is 13.8 Å². The zero-order valence-electron chi connectivity index (χ0n) is 9.32. The maximum absolute atomic E-state index is 11.8. The number of carbonyl (C=O) groups is 2. The lowest BCUT2D eigenvalue weighted by Gasteiger charge is -2.38. The van der Waals surface area contributed by atoms with Gasteiger partial charge in [0.05, 0.1) is 0 Å². The fourth-order valence-corrected chi connectivity index (χ4v) is 2.80. The van der Waals surface area contributed by atoms with Crippen LogP contribution >= 0.6 is 0 Å². The highest BCUT2D eigenvalue weighted by atomic mass is 16.2. The zero-order valence-corrected chi connectivity index (χ0v) is 9.32. The maximum atomic E-state index is 11.8. The van der Waals surface area contributed by atoms with Crippen LogP contribution in [0.25, 0.3) is 0 Å². The molecule has 2 heterocycles. The van der Waals surface area contributed by atoms with Gasteiger partial charge in [0.2, 0.25) is 11.8 Å². The molecule has 0 saturated carbocycles. The molecule has 2 amide bonds. The molecule has 2 fully saturated rings. The Morgan fingerprint density at radius 2 is 2.20 bits per heavy atom. The molecule has 2 unspecified atom stereocenters. The van der Waals surface area contributed by atoms with Gasteiger partial charge in [-0.1, -0.05) is 13.8 Å². The van der Waals surface area contributed by atoms with Gasteiger partial charge >= 0.3 is 0 Å². The molecule has 4 nitrogen and oxygen atoms in total. The van der Waals surface area contributed by atoms with Crippen molar-refractivity contribution in [2.24, 2.45) is 17.1 Å². The Balaban J connectivity index is 2.21. The molecule has 2 N–H and O–H groups in total. The molecular formula is C11H18N2O2. The Bertz CT molecular complexity index is 312. The van der Waals surface area contributed by atoms with E-state index in [9.17, 15) is 9.59 Å². The molecule has 0 aromatic heterocycles. The van der Waals surface area contributed by atoms with Crippen molar-refractivity contribution in [3.63, 3.8) is 0 Å². The maximum Gasteiger partial charge on any atom is 0.223 e. The van der Waals surface area contributed by atoms with Gasteiger partial charge in [0.1, 0.15) is 0 Å². The highest BCUT2D eigenvalue weighted by molar-refractivity contribution is 5.86. The average Bonchev–Trinajstić information content (AvgIpc) is 2.43. The number of nitrogens with two attached hydrogens (primary N) is 1. The smallest absolute Gasteiger partial charge is 0.223 e. The molecule has 15 heavy (non-hydrogen) atoms. The van der Waals surface area contributed by atoms with E-state index < -0.39 is 0 Å². The number of rotatable bonds is 1. The van der Waals surface area contributed by atoms with Crippen molar-refractivity contribution in [3.05, 3.63) is 0 Å². The van der Waals surface area contributed by atoms with Crippen molar-refractivity contribution < 1.29 is 9.59 Å². The Labute approximate surface area is 89.8 Å². The highest BCUT2D eigenvalue weighted by Crippen LogP contribution is 2.42. The van der Waals surface area contributed by atoms with Crippen molar-refractivity contribution in [1.29, 1.82) is 0 Å². The minimum atomic E-state index is -0.328. The normalized spacial score (nSPS) is 34.0. The summed E-state index contributed by atoms with van der Waals surface area (Å²) in [6, 6.07) is 0.205. The Kier molecular flexibility index (Phi) is 2.24. The quantitative estimate of drug-likeness (QED) is 0.685. The van der Waals surface area contributed by atoms with E-state index in [0.717, 1.165) is 19.4 Å². The first-order valence-corrected chi connectivity index (χ1v) is 5.50. The van der Waals surface area contributed by atoms with Crippen LogP contribution in [0.5, 0.6) is 0 Å². The summed E-state index contributed by atoms with van der Waals surface area (Å²) in [4.78, 5) is 24.9. The lowest BCUT2D eigenvalue weighted by Crippen LogP contribution is -2.49. The van der Waals surface area contributed by atoms with E-state index in [1.165, 1.54) is 0 Å². The second-order valence-corrected chi connectivity index (χ2v) is 5.38. The van der Waals surface area contributed by atoms with Crippen LogP contribution in [0.4, 0.5) is 0 Å². The second-order valence-electron chi connectivity index (χ2n) is 5.38. The van der Waals surface area contributed by atoms with Gasteiger partial charge in [-0.3, -0.25) is 9.59 Å². The van der Waals surface area contributed by atoms with Crippen LogP contribution in [0, 0.1) is 11.3 Å². The molecule has 0 aromatic rings. The number of amides is 2. The molecule has 0 radical (unpaired) electrons. The van der Waals surface area contributed by atoms with E-state index in [1.54, 1.807) is 0 Å². The largest absolute Gasteiger partial charge is 0.369 e. The summed E-state index contributed by atoms with van der Waals surface area (Å²) in [5.74, 6) is -0.484. The van der Waals surface area contributed by atoms with Crippen molar-refractivity contribution in [1.82, 2.24) is 4.90 Å². The van der Waals surface area contributed by atoms with Gasteiger partial charge < -0.3 is 10.6 Å². The first-order chi connectivity index (χ1) is 6.92. The summed E-state index contributed by atoms with van der Waals surface area (Å²) >= 11 is 0. The highest BCUT2D eigenvalue weighted by Gasteiger charge is 2.47. The molecule has 2 atom stereocenters. The standard InChI is InChI=1S/C11H18N2O2/c1-11(2)3-4-13-8(11)5-7(10(12)15)6-9(13)14/h7-8H,3-6H2,1-2H3,(H2,12,15). The lowest BCUT2D eigenvalue weighted by atomic mass is 9.77. The SMILES string of the molecule is CC1(C)CCN2C(=O)CC(C(N)=O)CC21. The van der Waals surface area contributed by atoms with Crippen LogP contribution in [0.1, 0.15) is 33.1 Å². The summed E-state index contributed by atoms with van der Waals surface area (Å²) < 4.78 is 0. The van der Waals surface area contributed by atoms with Crippen LogP contribution in [-0.4, -0.2) is 29.3 Å². The molecule has 2 rings (SSSR count). The number of hydrogen-bond acceptors (Lipinski definition) is 2. The molecule has 84 valence electrons. The topological polar surface area (TPSA) is 63.4 Å². The van der Waals surface area contributed by atoms with Crippen molar-refractivity contribution >= 4 is 11.8 Å². The summed E-state index contributed by atoms with van der Waals surface area (Å²) in [6.45, 7) is 5.16. The van der Waals surface area contributed by atoms with Crippen molar-refractivity contribution in [2.75, 3.05) is 6.54 Å². The molecule has 0 spiro atoms. The summed E-state index contributed by atoms with van der Waals surface area (Å²) in [5.41, 5.74) is 5.42. The van der Waals surface area contributed by atoms with Crippen molar-refractivity contribution in [2.45, 2.75) is 39.2 Å². The van der Waals surface area contributed by atoms with Crippen LogP contribution in [-0.2, 0) is 9.59 Å². The van der Waals surface area contributed by atoms with Crippen LogP contribution in [0.2, 0.25) is 0 Å². The fourth-order valence-electron chi connectivity index (χ4n) is 2.80.